The van der Waals surface area contributed by atoms with Gasteiger partial charge in [-0.15, -0.1) is 0 Å². The third kappa shape index (κ3) is 7.31. The number of benzene rings is 2. The van der Waals surface area contributed by atoms with E-state index < -0.39 is 16.3 Å². The number of sulfonamides is 1. The average molecular weight is 549 g/mol. The molecule has 1 aliphatic heterocycles. The zero-order valence-electron chi connectivity index (χ0n) is 21.2. The molecule has 0 bridgehead atoms. The number of carbonyl (C=O) groups excluding carboxylic acids is 1. The largest absolute Gasteiger partial charge is 0.497 e. The van der Waals surface area contributed by atoms with Gasteiger partial charge in [-0.3, -0.25) is 4.79 Å². The Bertz CT molecular complexity index is 1210. The Hall–Kier alpha value is -2.99. The number of aliphatic hydroxyl groups excluding tert-OH is 1. The first-order valence-electron chi connectivity index (χ1n) is 12.6. The first kappa shape index (κ1) is 28.0. The maximum absolute atomic E-state index is 13.5. The predicted octanol–water partition coefficient (Wildman–Crippen LogP) is 2.77. The maximum atomic E-state index is 13.5. The molecule has 0 spiro atoms. The number of nitrogens with one attached hydrogen (secondary N) is 1. The molecule has 9 nitrogen and oxygen atoms in total. The van der Waals surface area contributed by atoms with Crippen LogP contribution in [0.5, 0.6) is 5.75 Å². The molecule has 0 unspecified atom stereocenters. The molecule has 0 saturated heterocycles. The van der Waals surface area contributed by atoms with Crippen molar-refractivity contribution in [3.63, 3.8) is 0 Å². The third-order valence-electron chi connectivity index (χ3n) is 6.52. The third-order valence-corrected chi connectivity index (χ3v) is 8.43. The minimum atomic E-state index is -3.90. The summed E-state index contributed by atoms with van der Waals surface area (Å²) in [5, 5.41) is 12.4. The summed E-state index contributed by atoms with van der Waals surface area (Å²) < 4.78 is 57.7. The van der Waals surface area contributed by atoms with Crippen molar-refractivity contribution in [2.24, 2.45) is 5.92 Å². The number of hydrogen-bond acceptors (Lipinski definition) is 7. The molecule has 1 heterocycles. The van der Waals surface area contributed by atoms with Gasteiger partial charge < -0.3 is 24.6 Å². The van der Waals surface area contributed by atoms with E-state index in [4.69, 9.17) is 14.2 Å². The Morgan fingerprint density at radius 3 is 2.47 bits per heavy atom. The summed E-state index contributed by atoms with van der Waals surface area (Å²) in [7, 11) is -2.41. The second-order valence-electron chi connectivity index (χ2n) is 9.30. The highest BCUT2D eigenvalue weighted by Gasteiger charge is 2.31. The van der Waals surface area contributed by atoms with E-state index in [9.17, 15) is 22.7 Å². The van der Waals surface area contributed by atoms with Crippen LogP contribution in [-0.4, -0.2) is 70.0 Å². The minimum Gasteiger partial charge on any atom is -0.497 e. The summed E-state index contributed by atoms with van der Waals surface area (Å²) in [4.78, 5) is 12.8. The molecule has 1 saturated carbocycles. The molecule has 2 aliphatic rings. The molecule has 1 amide bonds. The van der Waals surface area contributed by atoms with Gasteiger partial charge in [-0.2, -0.15) is 4.31 Å². The molecule has 2 aromatic rings. The van der Waals surface area contributed by atoms with Gasteiger partial charge in [-0.25, -0.2) is 12.8 Å². The van der Waals surface area contributed by atoms with Gasteiger partial charge in [0.05, 0.1) is 25.2 Å². The lowest BCUT2D eigenvalue weighted by molar-refractivity contribution is -0.146. The van der Waals surface area contributed by atoms with Crippen LogP contribution in [0.15, 0.2) is 65.3 Å². The van der Waals surface area contributed by atoms with E-state index in [-0.39, 0.29) is 54.6 Å². The fraction of sp³-hybridized carbons (Fsp3) is 0.444. The van der Waals surface area contributed by atoms with Gasteiger partial charge in [-0.1, -0.05) is 12.1 Å². The molecule has 0 radical (unpaired) electrons. The second kappa shape index (κ2) is 12.7. The fourth-order valence-electron chi connectivity index (χ4n) is 4.15. The highest BCUT2D eigenvalue weighted by atomic mass is 32.2. The van der Waals surface area contributed by atoms with Crippen LogP contribution in [0.2, 0.25) is 0 Å². The van der Waals surface area contributed by atoms with E-state index in [2.05, 4.69) is 5.32 Å². The highest BCUT2D eigenvalue weighted by Crippen LogP contribution is 2.32. The number of allylic oxidation sites excluding steroid dienone is 1. The van der Waals surface area contributed by atoms with E-state index in [1.165, 1.54) is 31.4 Å². The van der Waals surface area contributed by atoms with Crippen molar-refractivity contribution in [3.05, 3.63) is 71.7 Å². The lowest BCUT2D eigenvalue weighted by Gasteiger charge is -2.30. The Labute approximate surface area is 222 Å². The van der Waals surface area contributed by atoms with Crippen molar-refractivity contribution in [3.8, 4) is 5.75 Å². The van der Waals surface area contributed by atoms with Crippen molar-refractivity contribution in [1.82, 2.24) is 9.62 Å². The summed E-state index contributed by atoms with van der Waals surface area (Å²) in [5.41, 5.74) is 0.805. The number of halogens is 1. The summed E-state index contributed by atoms with van der Waals surface area (Å²) in [6, 6.07) is 12.0. The molecule has 2 aromatic carbocycles. The van der Waals surface area contributed by atoms with Crippen molar-refractivity contribution < 1.29 is 36.9 Å². The standard InChI is InChI=1S/C27H33FN2O7S/c1-35-23-8-10-24(11-9-23)38(33,34)30(12-14-31)13-15-36-26-17-21(20-4-6-22(28)7-5-20)16-25(37-26)27(32)29-18-19-2-3-19/h4-11,16,19,21,26,31H,2-3,12-15,17-18H2,1H3,(H,29,32)/t21-,26+/m0/s1. The van der Waals surface area contributed by atoms with Crippen molar-refractivity contribution in [2.45, 2.75) is 36.4 Å². The number of ether oxygens (including phenoxy) is 3. The number of nitrogens with zero attached hydrogens (tertiary/aromatic N) is 1. The van der Waals surface area contributed by atoms with Gasteiger partial charge in [0.15, 0.2) is 5.76 Å². The first-order chi connectivity index (χ1) is 18.3. The Kier molecular flexibility index (Phi) is 9.37. The normalized spacial score (nSPS) is 19.5. The maximum Gasteiger partial charge on any atom is 0.286 e. The summed E-state index contributed by atoms with van der Waals surface area (Å²) in [5.74, 6) is 0.176. The number of rotatable bonds is 13. The molecule has 4 rings (SSSR count). The molecule has 1 fully saturated rings. The molecular formula is C27H33FN2O7S. The predicted molar refractivity (Wildman–Crippen MR) is 137 cm³/mol. The number of hydrogen-bond donors (Lipinski definition) is 2. The summed E-state index contributed by atoms with van der Waals surface area (Å²) >= 11 is 0. The van der Waals surface area contributed by atoms with E-state index in [0.29, 0.717) is 24.6 Å². The molecule has 11 heteroatoms. The van der Waals surface area contributed by atoms with Crippen molar-refractivity contribution >= 4 is 15.9 Å². The monoisotopic (exact) mass is 548 g/mol. The zero-order chi connectivity index (χ0) is 27.1. The van der Waals surface area contributed by atoms with Gasteiger partial charge in [0.25, 0.3) is 5.91 Å². The Morgan fingerprint density at radius 2 is 1.84 bits per heavy atom. The summed E-state index contributed by atoms with van der Waals surface area (Å²) in [6.45, 7) is 0.0217. The van der Waals surface area contributed by atoms with Crippen LogP contribution >= 0.6 is 0 Å². The number of amides is 1. The Balaban J connectivity index is 1.42. The van der Waals surface area contributed by atoms with E-state index >= 15 is 0 Å². The van der Waals surface area contributed by atoms with Gasteiger partial charge >= 0.3 is 0 Å². The number of methoxy groups -OCH3 is 1. The topological polar surface area (TPSA) is 114 Å². The molecule has 38 heavy (non-hydrogen) atoms. The van der Waals surface area contributed by atoms with Crippen LogP contribution in [0.3, 0.4) is 0 Å². The molecule has 0 aromatic heterocycles. The molecular weight excluding hydrogens is 515 g/mol. The first-order valence-corrected chi connectivity index (χ1v) is 14.0. The van der Waals surface area contributed by atoms with Crippen LogP contribution in [0.4, 0.5) is 4.39 Å². The van der Waals surface area contributed by atoms with Gasteiger partial charge in [-0.05, 0) is 66.8 Å². The zero-order valence-corrected chi connectivity index (χ0v) is 22.0. The van der Waals surface area contributed by atoms with E-state index in [1.54, 1.807) is 30.3 Å². The van der Waals surface area contributed by atoms with Crippen molar-refractivity contribution in [2.75, 3.05) is 40.0 Å². The lowest BCUT2D eigenvalue weighted by atomic mass is 9.93. The summed E-state index contributed by atoms with van der Waals surface area (Å²) in [6.07, 6.45) is 3.43. The fourth-order valence-corrected chi connectivity index (χ4v) is 5.57. The van der Waals surface area contributed by atoms with Gasteiger partial charge in [0.2, 0.25) is 16.3 Å². The van der Waals surface area contributed by atoms with Crippen LogP contribution in [0.25, 0.3) is 0 Å². The van der Waals surface area contributed by atoms with E-state index in [0.717, 1.165) is 22.7 Å². The molecule has 2 atom stereocenters. The highest BCUT2D eigenvalue weighted by molar-refractivity contribution is 7.89. The Morgan fingerprint density at radius 1 is 1.13 bits per heavy atom. The quantitative estimate of drug-likeness (QED) is 0.396. The molecule has 206 valence electrons. The SMILES string of the molecule is COc1ccc(S(=O)(=O)N(CCO)CCO[C@H]2C[C@@H](c3ccc(F)cc3)C=C(C(=O)NCC3CC3)O2)cc1. The smallest absolute Gasteiger partial charge is 0.286 e. The van der Waals surface area contributed by atoms with Crippen molar-refractivity contribution in [1.29, 1.82) is 0 Å². The van der Waals surface area contributed by atoms with Crippen LogP contribution in [0, 0.1) is 11.7 Å². The second-order valence-corrected chi connectivity index (χ2v) is 11.2. The minimum absolute atomic E-state index is 0.0346. The van der Waals surface area contributed by atoms with E-state index in [1.807, 2.05) is 0 Å². The number of aliphatic hydroxyl groups is 1. The average Bonchev–Trinajstić information content (AvgIpc) is 3.76. The van der Waals surface area contributed by atoms with Gasteiger partial charge in [0.1, 0.15) is 11.6 Å². The van der Waals surface area contributed by atoms with Crippen LogP contribution < -0.4 is 10.1 Å². The van der Waals surface area contributed by atoms with Crippen LogP contribution in [0.1, 0.15) is 30.7 Å². The number of carbonyl (C=O) groups is 1. The van der Waals surface area contributed by atoms with Gasteiger partial charge in [0, 0.05) is 32.0 Å². The lowest BCUT2D eigenvalue weighted by Crippen LogP contribution is -2.38. The molecule has 1 aliphatic carbocycles. The molecule has 2 N–H and O–H groups in total. The van der Waals surface area contributed by atoms with Crippen LogP contribution in [-0.2, 0) is 24.3 Å².